The smallest absolute Gasteiger partial charge is 0.204 e. The molecule has 0 saturated carbocycles. The number of hydrazone groups is 1. The lowest BCUT2D eigenvalue weighted by Crippen LogP contribution is -1.89. The van der Waals surface area contributed by atoms with Crippen molar-refractivity contribution in [2.24, 2.45) is 5.10 Å². The van der Waals surface area contributed by atoms with Gasteiger partial charge in [-0.3, -0.25) is 5.43 Å². The molecule has 1 heterocycles. The molecule has 1 aromatic heterocycles. The Labute approximate surface area is 167 Å². The molecule has 27 heavy (non-hydrogen) atoms. The van der Waals surface area contributed by atoms with Crippen molar-refractivity contribution in [3.05, 3.63) is 95.5 Å². The lowest BCUT2D eigenvalue weighted by Gasteiger charge is -2.02. The highest BCUT2D eigenvalue weighted by atomic mass is 35.5. The number of anilines is 1. The Morgan fingerprint density at radius 1 is 0.815 bits per heavy atom. The molecule has 0 aliphatic heterocycles. The van der Waals surface area contributed by atoms with Crippen molar-refractivity contribution in [2.45, 2.75) is 0 Å². The molecule has 132 valence electrons. The highest BCUT2D eigenvalue weighted by Gasteiger charge is 2.14. The number of rotatable bonds is 5. The van der Waals surface area contributed by atoms with Gasteiger partial charge in [0.1, 0.15) is 0 Å². The fourth-order valence-corrected chi connectivity index (χ4v) is 3.73. The lowest BCUT2D eigenvalue weighted by atomic mass is 10.1. The summed E-state index contributed by atoms with van der Waals surface area (Å²) in [7, 11) is 0. The van der Waals surface area contributed by atoms with Crippen molar-refractivity contribution >= 4 is 34.3 Å². The number of nitrogens with zero attached hydrogens (tertiary/aromatic N) is 2. The van der Waals surface area contributed by atoms with Gasteiger partial charge in [-0.15, -0.1) is 0 Å². The van der Waals surface area contributed by atoms with Gasteiger partial charge in [0.25, 0.3) is 0 Å². The van der Waals surface area contributed by atoms with Crippen molar-refractivity contribution in [1.29, 1.82) is 0 Å². The second-order valence-electron chi connectivity index (χ2n) is 5.85. The highest BCUT2D eigenvalue weighted by molar-refractivity contribution is 7.19. The molecule has 1 N–H and O–H groups in total. The summed E-state index contributed by atoms with van der Waals surface area (Å²) in [5.41, 5.74) is 7.16. The number of thiazole rings is 1. The third-order valence-electron chi connectivity index (χ3n) is 3.95. The standard InChI is InChI=1S/C22H16ClN3S/c23-19-13-11-18(12-14-19)21-20(17-9-5-2-6-10-17)25-22(27-21)26-24-15-16-7-3-1-4-8-16/h1-15H,(H,25,26)/b24-15-. The molecule has 4 aromatic rings. The Balaban J connectivity index is 1.67. The molecule has 0 aliphatic carbocycles. The SMILES string of the molecule is Clc1ccc(-c2sc(N/N=C\c3ccccc3)nc2-c2ccccc2)cc1. The summed E-state index contributed by atoms with van der Waals surface area (Å²) in [5, 5.41) is 5.78. The van der Waals surface area contributed by atoms with Gasteiger partial charge in [0.05, 0.1) is 16.8 Å². The van der Waals surface area contributed by atoms with Gasteiger partial charge in [0.2, 0.25) is 5.13 Å². The van der Waals surface area contributed by atoms with Crippen molar-refractivity contribution in [3.63, 3.8) is 0 Å². The molecule has 0 fully saturated rings. The summed E-state index contributed by atoms with van der Waals surface area (Å²) >= 11 is 7.61. The van der Waals surface area contributed by atoms with Crippen molar-refractivity contribution < 1.29 is 0 Å². The van der Waals surface area contributed by atoms with E-state index < -0.39 is 0 Å². The largest absolute Gasteiger partial charge is 0.253 e. The predicted molar refractivity (Wildman–Crippen MR) is 116 cm³/mol. The molecule has 4 rings (SSSR count). The number of hydrogen-bond acceptors (Lipinski definition) is 4. The van der Waals surface area contributed by atoms with E-state index in [4.69, 9.17) is 16.6 Å². The van der Waals surface area contributed by atoms with Crippen LogP contribution in [0.3, 0.4) is 0 Å². The van der Waals surface area contributed by atoms with E-state index in [9.17, 15) is 0 Å². The Kier molecular flexibility index (Phi) is 5.28. The van der Waals surface area contributed by atoms with E-state index in [0.717, 1.165) is 37.4 Å². The van der Waals surface area contributed by atoms with Crippen LogP contribution in [0.1, 0.15) is 5.56 Å². The van der Waals surface area contributed by atoms with Crippen LogP contribution in [0, 0.1) is 0 Å². The summed E-state index contributed by atoms with van der Waals surface area (Å²) < 4.78 is 0. The molecule has 0 bridgehead atoms. The summed E-state index contributed by atoms with van der Waals surface area (Å²) in [6.07, 6.45) is 1.78. The Morgan fingerprint density at radius 2 is 1.48 bits per heavy atom. The van der Waals surface area contributed by atoms with Crippen LogP contribution in [0.5, 0.6) is 0 Å². The van der Waals surface area contributed by atoms with E-state index in [-0.39, 0.29) is 0 Å². The second kappa shape index (κ2) is 8.16. The first-order valence-corrected chi connectivity index (χ1v) is 9.65. The lowest BCUT2D eigenvalue weighted by molar-refractivity contribution is 1.29. The summed E-state index contributed by atoms with van der Waals surface area (Å²) in [6.45, 7) is 0. The molecule has 3 aromatic carbocycles. The van der Waals surface area contributed by atoms with Crippen LogP contribution in [0.4, 0.5) is 5.13 Å². The second-order valence-corrected chi connectivity index (χ2v) is 7.29. The molecule has 3 nitrogen and oxygen atoms in total. The normalized spacial score (nSPS) is 11.0. The first-order chi connectivity index (χ1) is 13.3. The summed E-state index contributed by atoms with van der Waals surface area (Å²) in [5.74, 6) is 0. The minimum atomic E-state index is 0.718. The van der Waals surface area contributed by atoms with E-state index >= 15 is 0 Å². The van der Waals surface area contributed by atoms with Gasteiger partial charge in [-0.25, -0.2) is 4.98 Å². The number of hydrogen-bond donors (Lipinski definition) is 1. The van der Waals surface area contributed by atoms with Crippen LogP contribution in [0.15, 0.2) is 90.0 Å². The van der Waals surface area contributed by atoms with Gasteiger partial charge in [0.15, 0.2) is 0 Å². The van der Waals surface area contributed by atoms with Gasteiger partial charge in [-0.1, -0.05) is 95.7 Å². The number of aromatic nitrogens is 1. The quantitative estimate of drug-likeness (QED) is 0.309. The monoisotopic (exact) mass is 389 g/mol. The minimum Gasteiger partial charge on any atom is -0.253 e. The first kappa shape index (κ1) is 17.5. The number of benzene rings is 3. The Hall–Kier alpha value is -2.95. The molecule has 0 spiro atoms. The molecule has 0 unspecified atom stereocenters. The summed E-state index contributed by atoms with van der Waals surface area (Å²) in [6, 6.07) is 27.9. The Morgan fingerprint density at radius 3 is 2.19 bits per heavy atom. The molecule has 0 saturated heterocycles. The third-order valence-corrected chi connectivity index (χ3v) is 5.22. The topological polar surface area (TPSA) is 37.3 Å². The van der Waals surface area contributed by atoms with Gasteiger partial charge < -0.3 is 0 Å². The van der Waals surface area contributed by atoms with Gasteiger partial charge in [0, 0.05) is 10.6 Å². The zero-order chi connectivity index (χ0) is 18.5. The summed E-state index contributed by atoms with van der Waals surface area (Å²) in [4.78, 5) is 5.85. The zero-order valence-electron chi connectivity index (χ0n) is 14.3. The minimum absolute atomic E-state index is 0.718. The predicted octanol–water partition coefficient (Wildman–Crippen LogP) is 6.58. The maximum absolute atomic E-state index is 6.04. The molecule has 0 radical (unpaired) electrons. The maximum atomic E-state index is 6.04. The van der Waals surface area contributed by atoms with Gasteiger partial charge in [-0.05, 0) is 23.3 Å². The molecule has 0 amide bonds. The zero-order valence-corrected chi connectivity index (χ0v) is 15.9. The highest BCUT2D eigenvalue weighted by Crippen LogP contribution is 2.39. The van der Waals surface area contributed by atoms with Crippen molar-refractivity contribution in [3.8, 4) is 21.7 Å². The van der Waals surface area contributed by atoms with Crippen LogP contribution < -0.4 is 5.43 Å². The first-order valence-electron chi connectivity index (χ1n) is 8.46. The van der Waals surface area contributed by atoms with Crippen LogP contribution in [-0.2, 0) is 0 Å². The molecule has 5 heteroatoms. The maximum Gasteiger partial charge on any atom is 0.204 e. The van der Waals surface area contributed by atoms with E-state index in [1.165, 1.54) is 0 Å². The van der Waals surface area contributed by atoms with Crippen LogP contribution in [0.25, 0.3) is 21.7 Å². The van der Waals surface area contributed by atoms with Gasteiger partial charge >= 0.3 is 0 Å². The average molecular weight is 390 g/mol. The molecular weight excluding hydrogens is 374 g/mol. The molecule has 0 aliphatic rings. The van der Waals surface area contributed by atoms with E-state index in [1.807, 2.05) is 72.8 Å². The van der Waals surface area contributed by atoms with E-state index in [1.54, 1.807) is 17.6 Å². The van der Waals surface area contributed by atoms with Gasteiger partial charge in [-0.2, -0.15) is 5.10 Å². The fraction of sp³-hybridized carbons (Fsp3) is 0. The number of halogens is 1. The van der Waals surface area contributed by atoms with Crippen molar-refractivity contribution in [1.82, 2.24) is 4.98 Å². The fourth-order valence-electron chi connectivity index (χ4n) is 2.66. The van der Waals surface area contributed by atoms with Crippen LogP contribution in [0.2, 0.25) is 5.02 Å². The van der Waals surface area contributed by atoms with Crippen LogP contribution in [-0.4, -0.2) is 11.2 Å². The van der Waals surface area contributed by atoms with E-state index in [0.29, 0.717) is 0 Å². The van der Waals surface area contributed by atoms with Crippen LogP contribution >= 0.6 is 22.9 Å². The number of nitrogens with one attached hydrogen (secondary N) is 1. The average Bonchev–Trinajstić information content (AvgIpc) is 3.14. The Bertz CT molecular complexity index is 1040. The molecule has 0 atom stereocenters. The third kappa shape index (κ3) is 4.25. The van der Waals surface area contributed by atoms with E-state index in [2.05, 4.69) is 22.7 Å². The van der Waals surface area contributed by atoms with Crippen molar-refractivity contribution in [2.75, 3.05) is 5.43 Å². The molecular formula is C22H16ClN3S.